The average molecular weight is 446 g/mol. The number of carbonyl (C=O) groups excluding carboxylic acids is 1. The Hall–Kier alpha value is -3.17. The van der Waals surface area contributed by atoms with Gasteiger partial charge in [0.15, 0.2) is 5.78 Å². The molecule has 0 bridgehead atoms. The van der Waals surface area contributed by atoms with Gasteiger partial charge in [0.25, 0.3) is 5.56 Å². The summed E-state index contributed by atoms with van der Waals surface area (Å²) in [6.07, 6.45) is 2.56. The lowest BCUT2D eigenvalue weighted by molar-refractivity contribution is 0.103. The summed E-state index contributed by atoms with van der Waals surface area (Å²) < 4.78 is 39.1. The van der Waals surface area contributed by atoms with Gasteiger partial charge in [-0.15, -0.1) is 0 Å². The van der Waals surface area contributed by atoms with E-state index in [0.717, 1.165) is 23.1 Å². The molecule has 9 heteroatoms. The van der Waals surface area contributed by atoms with E-state index in [9.17, 15) is 18.4 Å². The predicted octanol–water partition coefficient (Wildman–Crippen LogP) is 3.99. The number of ether oxygens (including phenoxy) is 1. The van der Waals surface area contributed by atoms with Crippen molar-refractivity contribution in [3.63, 3.8) is 0 Å². The van der Waals surface area contributed by atoms with Crippen LogP contribution in [0.4, 0.5) is 14.6 Å². The SMILES string of the molecule is CSOCCCOc1ccc(-n2c(N)c(C(=O)c3ccc(F)cc3F)ccc2=O)cc1. The minimum Gasteiger partial charge on any atom is -0.494 e. The molecule has 0 spiro atoms. The molecule has 0 saturated carbocycles. The van der Waals surface area contributed by atoms with Gasteiger partial charge in [-0.1, -0.05) is 0 Å². The van der Waals surface area contributed by atoms with Gasteiger partial charge in [0.1, 0.15) is 23.2 Å². The number of nitrogen functional groups attached to an aromatic ring is 1. The topological polar surface area (TPSA) is 83.5 Å². The van der Waals surface area contributed by atoms with E-state index in [1.54, 1.807) is 24.3 Å². The van der Waals surface area contributed by atoms with E-state index in [1.165, 1.54) is 24.2 Å². The molecule has 3 aromatic rings. The molecule has 6 nitrogen and oxygen atoms in total. The summed E-state index contributed by atoms with van der Waals surface area (Å²) in [6, 6.07) is 11.6. The van der Waals surface area contributed by atoms with Gasteiger partial charge in [-0.25, -0.2) is 8.78 Å². The maximum Gasteiger partial charge on any atom is 0.256 e. The van der Waals surface area contributed by atoms with E-state index in [4.69, 9.17) is 14.7 Å². The lowest BCUT2D eigenvalue weighted by Gasteiger charge is -2.14. The largest absolute Gasteiger partial charge is 0.494 e. The maximum atomic E-state index is 14.0. The van der Waals surface area contributed by atoms with Crippen LogP contribution in [0.3, 0.4) is 0 Å². The second-order valence-electron chi connectivity index (χ2n) is 6.44. The van der Waals surface area contributed by atoms with Crippen molar-refractivity contribution < 1.29 is 22.5 Å². The number of anilines is 1. The highest BCUT2D eigenvalue weighted by Crippen LogP contribution is 2.22. The Morgan fingerprint density at radius 3 is 2.42 bits per heavy atom. The number of hydrogen-bond donors (Lipinski definition) is 1. The van der Waals surface area contributed by atoms with Crippen LogP contribution in [0.5, 0.6) is 5.75 Å². The van der Waals surface area contributed by atoms with Gasteiger partial charge in [-0.05, 0) is 54.5 Å². The Morgan fingerprint density at radius 2 is 1.74 bits per heavy atom. The third-order valence-corrected chi connectivity index (χ3v) is 4.81. The first-order valence-electron chi connectivity index (χ1n) is 9.32. The van der Waals surface area contributed by atoms with Crippen LogP contribution in [-0.4, -0.2) is 29.8 Å². The Balaban J connectivity index is 1.85. The van der Waals surface area contributed by atoms with Crippen molar-refractivity contribution in [2.24, 2.45) is 0 Å². The van der Waals surface area contributed by atoms with Crippen molar-refractivity contribution in [3.8, 4) is 11.4 Å². The van der Waals surface area contributed by atoms with Gasteiger partial charge < -0.3 is 14.7 Å². The fraction of sp³-hybridized carbons (Fsp3) is 0.182. The van der Waals surface area contributed by atoms with Crippen LogP contribution in [0.1, 0.15) is 22.3 Å². The lowest BCUT2D eigenvalue weighted by Crippen LogP contribution is -2.23. The van der Waals surface area contributed by atoms with Crippen LogP contribution in [0.2, 0.25) is 0 Å². The maximum absolute atomic E-state index is 14.0. The van der Waals surface area contributed by atoms with Crippen molar-refractivity contribution in [1.29, 1.82) is 0 Å². The van der Waals surface area contributed by atoms with E-state index < -0.39 is 23.0 Å². The Kier molecular flexibility index (Phi) is 7.43. The predicted molar refractivity (Wildman–Crippen MR) is 116 cm³/mol. The molecule has 0 amide bonds. The highest BCUT2D eigenvalue weighted by Gasteiger charge is 2.20. The molecule has 3 rings (SSSR count). The Labute approximate surface area is 181 Å². The fourth-order valence-electron chi connectivity index (χ4n) is 2.91. The zero-order valence-electron chi connectivity index (χ0n) is 16.6. The van der Waals surface area contributed by atoms with Gasteiger partial charge in [0, 0.05) is 24.8 Å². The normalized spacial score (nSPS) is 10.8. The van der Waals surface area contributed by atoms with E-state index >= 15 is 0 Å². The van der Waals surface area contributed by atoms with Crippen LogP contribution in [0, 0.1) is 11.6 Å². The molecule has 0 aliphatic rings. The second-order valence-corrected chi connectivity index (χ2v) is 7.01. The quantitative estimate of drug-likeness (QED) is 0.304. The summed E-state index contributed by atoms with van der Waals surface area (Å²) in [5.74, 6) is -2.11. The van der Waals surface area contributed by atoms with Crippen LogP contribution in [0.25, 0.3) is 5.69 Å². The molecule has 0 aliphatic heterocycles. The van der Waals surface area contributed by atoms with Gasteiger partial charge in [0.2, 0.25) is 0 Å². The molecule has 1 aromatic heterocycles. The summed E-state index contributed by atoms with van der Waals surface area (Å²) in [4.78, 5) is 25.2. The zero-order valence-corrected chi connectivity index (χ0v) is 17.5. The van der Waals surface area contributed by atoms with Crippen molar-refractivity contribution in [3.05, 3.63) is 87.7 Å². The van der Waals surface area contributed by atoms with Crippen LogP contribution < -0.4 is 16.0 Å². The molecule has 2 aromatic carbocycles. The van der Waals surface area contributed by atoms with E-state index in [1.807, 2.05) is 6.26 Å². The van der Waals surface area contributed by atoms with E-state index in [0.29, 0.717) is 30.7 Å². The first kappa shape index (κ1) is 22.5. The molecule has 0 unspecified atom stereocenters. The summed E-state index contributed by atoms with van der Waals surface area (Å²) in [5, 5.41) is 0. The average Bonchev–Trinajstić information content (AvgIpc) is 2.74. The number of carbonyl (C=O) groups is 1. The third kappa shape index (κ3) is 5.31. The molecule has 31 heavy (non-hydrogen) atoms. The highest BCUT2D eigenvalue weighted by atomic mass is 32.2. The standard InChI is InChI=1S/C22H20F2N2O4S/c1-31-30-12-2-11-29-16-6-4-15(5-7-16)26-20(27)10-9-18(22(26)25)21(28)17-8-3-14(23)13-19(17)24/h3-10,13H,2,11-12,25H2,1H3. The first-order chi connectivity index (χ1) is 14.9. The number of aromatic nitrogens is 1. The van der Waals surface area contributed by atoms with Gasteiger partial charge >= 0.3 is 0 Å². The molecule has 1 heterocycles. The molecule has 0 radical (unpaired) electrons. The summed E-state index contributed by atoms with van der Waals surface area (Å²) in [7, 11) is 0. The molecular formula is C22H20F2N2O4S. The third-order valence-electron chi connectivity index (χ3n) is 4.40. The molecule has 162 valence electrons. The lowest BCUT2D eigenvalue weighted by atomic mass is 10.0. The molecule has 0 saturated heterocycles. The van der Waals surface area contributed by atoms with Crippen molar-refractivity contribution in [2.45, 2.75) is 6.42 Å². The minimum atomic E-state index is -1.01. The van der Waals surface area contributed by atoms with Crippen LogP contribution in [0.15, 0.2) is 59.4 Å². The van der Waals surface area contributed by atoms with Crippen molar-refractivity contribution >= 4 is 23.6 Å². The van der Waals surface area contributed by atoms with E-state index in [2.05, 4.69) is 0 Å². The number of pyridine rings is 1. The monoisotopic (exact) mass is 446 g/mol. The highest BCUT2D eigenvalue weighted by molar-refractivity contribution is 7.93. The van der Waals surface area contributed by atoms with Gasteiger partial charge in [-0.2, -0.15) is 0 Å². The molecule has 2 N–H and O–H groups in total. The van der Waals surface area contributed by atoms with Gasteiger partial charge in [0.05, 0.1) is 30.0 Å². The minimum absolute atomic E-state index is 0.0702. The fourth-order valence-corrected chi connectivity index (χ4v) is 3.20. The molecule has 0 aliphatic carbocycles. The first-order valence-corrected chi connectivity index (χ1v) is 10.5. The number of halogens is 2. The molecule has 0 fully saturated rings. The zero-order chi connectivity index (χ0) is 22.4. The Morgan fingerprint density at radius 1 is 1.03 bits per heavy atom. The number of ketones is 1. The van der Waals surface area contributed by atoms with Crippen LogP contribution in [-0.2, 0) is 4.18 Å². The summed E-state index contributed by atoms with van der Waals surface area (Å²) in [5.41, 5.74) is 5.64. The summed E-state index contributed by atoms with van der Waals surface area (Å²) >= 11 is 1.29. The number of benzene rings is 2. The van der Waals surface area contributed by atoms with Crippen molar-refractivity contribution in [2.75, 3.05) is 25.2 Å². The molecular weight excluding hydrogens is 426 g/mol. The number of rotatable bonds is 9. The molecule has 0 atom stereocenters. The number of nitrogens with two attached hydrogens (primary N) is 1. The second kappa shape index (κ2) is 10.2. The van der Waals surface area contributed by atoms with Gasteiger partial charge in [-0.3, -0.25) is 14.2 Å². The van der Waals surface area contributed by atoms with E-state index in [-0.39, 0.29) is 16.9 Å². The van der Waals surface area contributed by atoms with Crippen molar-refractivity contribution in [1.82, 2.24) is 4.57 Å². The van der Waals surface area contributed by atoms with Crippen LogP contribution >= 0.6 is 12.0 Å². The summed E-state index contributed by atoms with van der Waals surface area (Å²) in [6.45, 7) is 1.04. The smallest absolute Gasteiger partial charge is 0.256 e. The number of nitrogens with zero attached hydrogens (tertiary/aromatic N) is 1. The number of hydrogen-bond acceptors (Lipinski definition) is 6. The Bertz CT molecular complexity index is 1130.